The lowest BCUT2D eigenvalue weighted by Gasteiger charge is -2.56. The zero-order valence-corrected chi connectivity index (χ0v) is 18.0. The summed E-state index contributed by atoms with van der Waals surface area (Å²) in [5.41, 5.74) is 0.825. The van der Waals surface area contributed by atoms with Crippen molar-refractivity contribution in [3.8, 4) is 0 Å². The number of rotatable bonds is 9. The van der Waals surface area contributed by atoms with Gasteiger partial charge in [0.15, 0.2) is 12.2 Å². The molecule has 5 heteroatoms. The number of quaternary nitrogens is 2. The van der Waals surface area contributed by atoms with E-state index in [4.69, 9.17) is 4.74 Å². The van der Waals surface area contributed by atoms with E-state index in [9.17, 15) is 10.2 Å². The maximum Gasteiger partial charge on any atom is 0.152 e. The molecule has 2 N–H and O–H groups in total. The monoisotopic (exact) mass is 370 g/mol. The van der Waals surface area contributed by atoms with E-state index in [-0.39, 0.29) is 17.8 Å². The van der Waals surface area contributed by atoms with Crippen molar-refractivity contribution in [1.29, 1.82) is 0 Å². The van der Waals surface area contributed by atoms with Gasteiger partial charge in [-0.15, -0.1) is 0 Å². The Morgan fingerprint density at radius 2 is 1.50 bits per heavy atom. The summed E-state index contributed by atoms with van der Waals surface area (Å²) in [7, 11) is 0. The molecule has 0 aromatic heterocycles. The van der Waals surface area contributed by atoms with Gasteiger partial charge in [0.1, 0.15) is 38.5 Å². The van der Waals surface area contributed by atoms with Gasteiger partial charge in [-0.1, -0.05) is 0 Å². The lowest BCUT2D eigenvalue weighted by atomic mass is 9.90. The highest BCUT2D eigenvalue weighted by Crippen LogP contribution is 2.35. The van der Waals surface area contributed by atoms with Gasteiger partial charge in [0.2, 0.25) is 0 Å². The van der Waals surface area contributed by atoms with Crippen molar-refractivity contribution in [2.24, 2.45) is 0 Å². The smallest absolute Gasteiger partial charge is 0.152 e. The van der Waals surface area contributed by atoms with Crippen molar-refractivity contribution in [2.45, 2.75) is 90.8 Å². The van der Waals surface area contributed by atoms with E-state index in [0.29, 0.717) is 24.7 Å². The van der Waals surface area contributed by atoms with Gasteiger partial charge < -0.3 is 19.4 Å². The number of hydrogen-bond acceptors (Lipinski definition) is 3. The Balaban J connectivity index is 1.93. The van der Waals surface area contributed by atoms with E-state index < -0.39 is 0 Å². The van der Waals surface area contributed by atoms with E-state index in [1.807, 2.05) is 0 Å². The van der Waals surface area contributed by atoms with Crippen LogP contribution in [0.2, 0.25) is 0 Å². The quantitative estimate of drug-likeness (QED) is 0.612. The first-order valence-electron chi connectivity index (χ1n) is 10.3. The minimum atomic E-state index is -0.243. The van der Waals surface area contributed by atoms with Crippen LogP contribution in [0.4, 0.5) is 0 Å². The summed E-state index contributed by atoms with van der Waals surface area (Å²) in [4.78, 5) is 0. The van der Waals surface area contributed by atoms with Crippen LogP contribution in [0.15, 0.2) is 12.3 Å². The molecule has 1 unspecified atom stereocenters. The third-order valence-electron chi connectivity index (χ3n) is 7.12. The van der Waals surface area contributed by atoms with Crippen molar-refractivity contribution >= 4 is 0 Å². The summed E-state index contributed by atoms with van der Waals surface area (Å²) in [6.07, 6.45) is 0.586. The topological polar surface area (TPSA) is 49.7 Å². The minimum absolute atomic E-state index is 0.156. The Morgan fingerprint density at radius 1 is 1.00 bits per heavy atom. The molecule has 0 radical (unpaired) electrons. The van der Waals surface area contributed by atoms with Gasteiger partial charge in [-0.3, -0.25) is 4.48 Å². The molecule has 1 atom stereocenters. The molecule has 2 heterocycles. The molecular weight excluding hydrogens is 328 g/mol. The number of ether oxygens (including phenoxy) is 1. The Hall–Kier alpha value is -0.460. The third kappa shape index (κ3) is 4.02. The normalized spacial score (nSPS) is 36.0. The van der Waals surface area contributed by atoms with Crippen molar-refractivity contribution in [3.63, 3.8) is 0 Å². The second kappa shape index (κ2) is 7.51. The molecule has 2 fully saturated rings. The largest absolute Gasteiger partial charge is 0.382 e. The average Bonchev–Trinajstić information content (AvgIpc) is 2.44. The summed E-state index contributed by atoms with van der Waals surface area (Å²) in [6, 6.07) is 1.37. The first-order chi connectivity index (χ1) is 11.8. The van der Waals surface area contributed by atoms with Crippen molar-refractivity contribution < 1.29 is 23.9 Å². The number of aliphatic hydroxyl groups excluding tert-OH is 2. The van der Waals surface area contributed by atoms with E-state index >= 15 is 0 Å². The van der Waals surface area contributed by atoms with Gasteiger partial charge in [-0.25, -0.2) is 0 Å². The predicted molar refractivity (Wildman–Crippen MR) is 106 cm³/mol. The minimum Gasteiger partial charge on any atom is -0.382 e. The van der Waals surface area contributed by atoms with E-state index in [1.165, 1.54) is 0 Å². The molecule has 2 saturated heterocycles. The lowest BCUT2D eigenvalue weighted by Crippen LogP contribution is -2.73. The van der Waals surface area contributed by atoms with Crippen LogP contribution in [0.25, 0.3) is 0 Å². The van der Waals surface area contributed by atoms with Crippen LogP contribution in [0.5, 0.6) is 0 Å². The molecule has 0 aromatic rings. The molecule has 0 saturated carbocycles. The molecule has 0 aromatic carbocycles. The Labute approximate surface area is 160 Å². The number of hydrogen-bond donors (Lipinski definition) is 2. The standard InChI is InChI=1S/C21H42N2O3/c1-15(2)22(10-19(24)11-22)17(5)9-21(7,8)26-14-18(6)23(16(3)4)12-20(25)13-23/h15-17,19-20,24-25H,6,9-14H2,1-5,7-8H3/q+2. The molecule has 26 heavy (non-hydrogen) atoms. The van der Waals surface area contributed by atoms with Crippen molar-refractivity contribution in [2.75, 3.05) is 32.8 Å². The first-order valence-corrected chi connectivity index (χ1v) is 10.3. The summed E-state index contributed by atoms with van der Waals surface area (Å²) >= 11 is 0. The second-order valence-electron chi connectivity index (χ2n) is 10.0. The van der Waals surface area contributed by atoms with Gasteiger partial charge in [-0.2, -0.15) is 0 Å². The third-order valence-corrected chi connectivity index (χ3v) is 7.12. The zero-order chi connectivity index (χ0) is 19.9. The summed E-state index contributed by atoms with van der Waals surface area (Å²) in [5.74, 6) is 0. The van der Waals surface area contributed by atoms with Crippen LogP contribution in [-0.2, 0) is 4.74 Å². The number of nitrogens with zero attached hydrogens (tertiary/aromatic N) is 2. The lowest BCUT2D eigenvalue weighted by molar-refractivity contribution is -1.01. The summed E-state index contributed by atoms with van der Waals surface area (Å²) in [5, 5.41) is 19.7. The molecule has 0 spiro atoms. The van der Waals surface area contributed by atoms with Gasteiger partial charge in [0.05, 0.1) is 23.7 Å². The predicted octanol–water partition coefficient (Wildman–Crippen LogP) is 2.27. The molecule has 2 aliphatic rings. The zero-order valence-electron chi connectivity index (χ0n) is 18.0. The van der Waals surface area contributed by atoms with Crippen molar-refractivity contribution in [3.05, 3.63) is 12.3 Å². The number of likely N-dealkylation sites (tertiary alicyclic amines) is 2. The van der Waals surface area contributed by atoms with Crippen LogP contribution >= 0.6 is 0 Å². The van der Waals surface area contributed by atoms with Crippen LogP contribution in [0.3, 0.4) is 0 Å². The molecule has 2 aliphatic heterocycles. The summed E-state index contributed by atoms with van der Waals surface area (Å²) in [6.45, 7) is 23.6. The Morgan fingerprint density at radius 3 is 1.88 bits per heavy atom. The fourth-order valence-electron chi connectivity index (χ4n) is 5.12. The fourth-order valence-corrected chi connectivity index (χ4v) is 5.12. The Kier molecular flexibility index (Phi) is 6.31. The number of aliphatic hydroxyl groups is 2. The van der Waals surface area contributed by atoms with E-state index in [1.54, 1.807) is 0 Å². The molecular formula is C21H42N2O3+2. The molecule has 152 valence electrons. The average molecular weight is 371 g/mol. The van der Waals surface area contributed by atoms with Crippen LogP contribution in [0.1, 0.15) is 54.9 Å². The fraction of sp³-hybridized carbons (Fsp3) is 0.905. The van der Waals surface area contributed by atoms with Gasteiger partial charge in [0.25, 0.3) is 0 Å². The molecule has 0 bridgehead atoms. The van der Waals surface area contributed by atoms with Crippen LogP contribution in [0, 0.1) is 0 Å². The second-order valence-corrected chi connectivity index (χ2v) is 10.0. The first kappa shape index (κ1) is 21.8. The van der Waals surface area contributed by atoms with Gasteiger partial charge in [0, 0.05) is 6.42 Å². The van der Waals surface area contributed by atoms with Gasteiger partial charge >= 0.3 is 0 Å². The molecule has 0 amide bonds. The molecule has 0 aliphatic carbocycles. The van der Waals surface area contributed by atoms with Gasteiger partial charge in [-0.05, 0) is 55.0 Å². The molecule has 5 nitrogen and oxygen atoms in total. The summed E-state index contributed by atoms with van der Waals surface area (Å²) < 4.78 is 8.08. The highest BCUT2D eigenvalue weighted by Gasteiger charge is 2.51. The van der Waals surface area contributed by atoms with Crippen LogP contribution in [-0.4, -0.2) is 87.9 Å². The molecule has 2 rings (SSSR count). The van der Waals surface area contributed by atoms with E-state index in [0.717, 1.165) is 47.3 Å². The van der Waals surface area contributed by atoms with E-state index in [2.05, 4.69) is 55.0 Å². The van der Waals surface area contributed by atoms with Crippen LogP contribution < -0.4 is 0 Å². The highest BCUT2D eigenvalue weighted by molar-refractivity contribution is 4.92. The van der Waals surface area contributed by atoms with Crippen molar-refractivity contribution in [1.82, 2.24) is 0 Å². The maximum absolute atomic E-state index is 9.87. The SMILES string of the molecule is C=C(COC(C)(C)CC(C)[N+]1(C(C)C)CC(O)C1)[N+]1(C(C)C)CC(O)C1. The maximum atomic E-state index is 9.87. The highest BCUT2D eigenvalue weighted by atomic mass is 16.5. The Bertz CT molecular complexity index is 503.